The number of aliphatic carboxylic acids is 1. The number of carbonyl (C=O) groups is 2. The smallest absolute Gasteiger partial charge is 0.329 e. The van der Waals surface area contributed by atoms with E-state index in [9.17, 15) is 19.1 Å². The van der Waals surface area contributed by atoms with E-state index in [1.165, 1.54) is 31.2 Å². The van der Waals surface area contributed by atoms with Crippen molar-refractivity contribution in [3.63, 3.8) is 0 Å². The van der Waals surface area contributed by atoms with Crippen LogP contribution in [0, 0.1) is 5.82 Å². The van der Waals surface area contributed by atoms with Gasteiger partial charge in [-0.1, -0.05) is 19.3 Å². The second-order valence-electron chi connectivity index (χ2n) is 5.61. The van der Waals surface area contributed by atoms with Gasteiger partial charge in [-0.2, -0.15) is 0 Å². The van der Waals surface area contributed by atoms with Crippen LogP contribution in [0.1, 0.15) is 42.5 Å². The largest absolute Gasteiger partial charge is 0.494 e. The maximum Gasteiger partial charge on any atom is 0.329 e. The van der Waals surface area contributed by atoms with E-state index in [0.29, 0.717) is 12.8 Å². The van der Waals surface area contributed by atoms with Gasteiger partial charge in [0, 0.05) is 12.6 Å². The predicted molar refractivity (Wildman–Crippen MR) is 78.5 cm³/mol. The molecular weight excluding hydrogens is 289 g/mol. The van der Waals surface area contributed by atoms with Crippen molar-refractivity contribution in [1.29, 1.82) is 0 Å². The van der Waals surface area contributed by atoms with Crippen molar-refractivity contribution in [2.75, 3.05) is 14.2 Å². The van der Waals surface area contributed by atoms with E-state index in [2.05, 4.69) is 0 Å². The van der Waals surface area contributed by atoms with Crippen LogP contribution in [-0.2, 0) is 4.79 Å². The lowest BCUT2D eigenvalue weighted by molar-refractivity contribution is -0.151. The maximum atomic E-state index is 13.4. The molecule has 0 aliphatic heterocycles. The minimum Gasteiger partial charge on any atom is -0.494 e. The third-order valence-electron chi connectivity index (χ3n) is 4.42. The maximum absolute atomic E-state index is 13.4. The van der Waals surface area contributed by atoms with Crippen LogP contribution >= 0.6 is 0 Å². The zero-order chi connectivity index (χ0) is 16.3. The van der Waals surface area contributed by atoms with Crippen molar-refractivity contribution >= 4 is 11.9 Å². The van der Waals surface area contributed by atoms with Crippen LogP contribution < -0.4 is 4.74 Å². The topological polar surface area (TPSA) is 66.8 Å². The Kier molecular flexibility index (Phi) is 4.68. The van der Waals surface area contributed by atoms with E-state index < -0.39 is 23.2 Å². The second kappa shape index (κ2) is 6.34. The Bertz CT molecular complexity index is 582. The van der Waals surface area contributed by atoms with Crippen molar-refractivity contribution < 1.29 is 23.8 Å². The molecule has 22 heavy (non-hydrogen) atoms. The summed E-state index contributed by atoms with van der Waals surface area (Å²) in [6.45, 7) is 0. The Morgan fingerprint density at radius 2 is 1.91 bits per heavy atom. The van der Waals surface area contributed by atoms with Crippen molar-refractivity contribution in [3.05, 3.63) is 29.6 Å². The number of hydrogen-bond donors (Lipinski definition) is 1. The van der Waals surface area contributed by atoms with Crippen molar-refractivity contribution in [1.82, 2.24) is 4.90 Å². The standard InChI is InChI=1S/C16H20FNO4/c1-18(16(15(20)21)8-4-3-5-9-16)14(19)11-6-7-12(17)13(10-11)22-2/h6-7,10H,3-5,8-9H2,1-2H3,(H,20,21). The van der Waals surface area contributed by atoms with Crippen molar-refractivity contribution in [3.8, 4) is 5.75 Å². The van der Waals surface area contributed by atoms with Crippen LogP contribution in [0.25, 0.3) is 0 Å². The number of likely N-dealkylation sites (N-methyl/N-ethyl adjacent to an activating group) is 1. The average molecular weight is 309 g/mol. The second-order valence-corrected chi connectivity index (χ2v) is 5.61. The Hall–Kier alpha value is -2.11. The van der Waals surface area contributed by atoms with Gasteiger partial charge in [-0.05, 0) is 31.0 Å². The molecule has 6 heteroatoms. The molecule has 1 amide bonds. The highest BCUT2D eigenvalue weighted by atomic mass is 19.1. The van der Waals surface area contributed by atoms with E-state index in [1.54, 1.807) is 0 Å². The molecule has 5 nitrogen and oxygen atoms in total. The summed E-state index contributed by atoms with van der Waals surface area (Å²) in [6, 6.07) is 3.79. The molecule has 1 aliphatic carbocycles. The molecule has 0 unspecified atom stereocenters. The molecule has 0 heterocycles. The molecule has 1 saturated carbocycles. The van der Waals surface area contributed by atoms with Gasteiger partial charge in [-0.25, -0.2) is 9.18 Å². The number of halogens is 1. The number of carboxylic acid groups (broad SMARTS) is 1. The summed E-state index contributed by atoms with van der Waals surface area (Å²) in [4.78, 5) is 25.6. The zero-order valence-electron chi connectivity index (χ0n) is 12.8. The van der Waals surface area contributed by atoms with E-state index in [-0.39, 0.29) is 11.3 Å². The minimum atomic E-state index is -1.18. The Balaban J connectivity index is 2.32. The van der Waals surface area contributed by atoms with Crippen molar-refractivity contribution in [2.24, 2.45) is 0 Å². The Morgan fingerprint density at radius 1 is 1.27 bits per heavy atom. The highest BCUT2D eigenvalue weighted by Crippen LogP contribution is 2.34. The number of carboxylic acids is 1. The number of benzene rings is 1. The Labute approximate surface area is 128 Å². The first-order valence-corrected chi connectivity index (χ1v) is 7.27. The molecule has 0 aromatic heterocycles. The molecule has 120 valence electrons. The number of carbonyl (C=O) groups excluding carboxylic acids is 1. The molecule has 1 aromatic rings. The molecule has 0 atom stereocenters. The third-order valence-corrected chi connectivity index (χ3v) is 4.42. The third kappa shape index (κ3) is 2.77. The summed E-state index contributed by atoms with van der Waals surface area (Å²) in [7, 11) is 2.81. The van der Waals surface area contributed by atoms with Gasteiger partial charge >= 0.3 is 5.97 Å². The SMILES string of the molecule is COc1cc(C(=O)N(C)C2(C(=O)O)CCCCC2)ccc1F. The highest BCUT2D eigenvalue weighted by molar-refractivity contribution is 5.98. The molecule has 0 bridgehead atoms. The van der Waals surface area contributed by atoms with Gasteiger partial charge in [0.1, 0.15) is 5.54 Å². The van der Waals surface area contributed by atoms with E-state index >= 15 is 0 Å². The lowest BCUT2D eigenvalue weighted by atomic mass is 9.80. The summed E-state index contributed by atoms with van der Waals surface area (Å²) in [5.41, 5.74) is -0.969. The zero-order valence-corrected chi connectivity index (χ0v) is 12.8. The van der Waals surface area contributed by atoms with Crippen LogP contribution in [-0.4, -0.2) is 41.6 Å². The first kappa shape index (κ1) is 16.3. The molecule has 0 saturated heterocycles. The van der Waals surface area contributed by atoms with Crippen LogP contribution in [0.3, 0.4) is 0 Å². The van der Waals surface area contributed by atoms with Gasteiger partial charge < -0.3 is 14.7 Å². The fraction of sp³-hybridized carbons (Fsp3) is 0.500. The van der Waals surface area contributed by atoms with Gasteiger partial charge in [-0.15, -0.1) is 0 Å². The fourth-order valence-corrected chi connectivity index (χ4v) is 3.01. The fourth-order valence-electron chi connectivity index (χ4n) is 3.01. The van der Waals surface area contributed by atoms with E-state index in [0.717, 1.165) is 25.3 Å². The summed E-state index contributed by atoms with van der Waals surface area (Å²) in [5.74, 6) is -2.03. The number of nitrogens with zero attached hydrogens (tertiary/aromatic N) is 1. The van der Waals surface area contributed by atoms with Crippen LogP contribution in [0.2, 0.25) is 0 Å². The predicted octanol–water partition coefficient (Wildman–Crippen LogP) is 2.69. The molecule has 1 aliphatic rings. The molecule has 0 spiro atoms. The number of hydrogen-bond acceptors (Lipinski definition) is 3. The van der Waals surface area contributed by atoms with Gasteiger partial charge in [0.05, 0.1) is 7.11 Å². The summed E-state index contributed by atoms with van der Waals surface area (Å²) in [6.07, 6.45) is 3.39. The number of methoxy groups -OCH3 is 1. The van der Waals surface area contributed by atoms with Crippen LogP contribution in [0.5, 0.6) is 5.75 Å². The van der Waals surface area contributed by atoms with Gasteiger partial charge in [-0.3, -0.25) is 4.79 Å². The summed E-state index contributed by atoms with van der Waals surface area (Å²) in [5, 5.41) is 9.62. The highest BCUT2D eigenvalue weighted by Gasteiger charge is 2.45. The first-order valence-electron chi connectivity index (χ1n) is 7.27. The molecule has 2 rings (SSSR count). The summed E-state index contributed by atoms with van der Waals surface area (Å²) < 4.78 is 18.3. The van der Waals surface area contributed by atoms with E-state index in [1.807, 2.05) is 0 Å². The van der Waals surface area contributed by atoms with Crippen LogP contribution in [0.4, 0.5) is 4.39 Å². The van der Waals surface area contributed by atoms with Crippen molar-refractivity contribution in [2.45, 2.75) is 37.6 Å². The first-order chi connectivity index (χ1) is 10.4. The lowest BCUT2D eigenvalue weighted by Crippen LogP contribution is -2.56. The van der Waals surface area contributed by atoms with Gasteiger partial charge in [0.25, 0.3) is 5.91 Å². The monoisotopic (exact) mass is 309 g/mol. The number of amides is 1. The molecule has 0 radical (unpaired) electrons. The quantitative estimate of drug-likeness (QED) is 0.928. The normalized spacial score (nSPS) is 16.9. The van der Waals surface area contributed by atoms with Gasteiger partial charge in [0.15, 0.2) is 11.6 Å². The molecular formula is C16H20FNO4. The molecule has 1 fully saturated rings. The lowest BCUT2D eigenvalue weighted by Gasteiger charge is -2.41. The molecule has 1 aromatic carbocycles. The number of ether oxygens (including phenoxy) is 1. The van der Waals surface area contributed by atoms with E-state index in [4.69, 9.17) is 4.74 Å². The Morgan fingerprint density at radius 3 is 2.45 bits per heavy atom. The van der Waals surface area contributed by atoms with Crippen LogP contribution in [0.15, 0.2) is 18.2 Å². The molecule has 1 N–H and O–H groups in total. The minimum absolute atomic E-state index is 0.0349. The average Bonchev–Trinajstić information content (AvgIpc) is 2.54. The number of rotatable bonds is 4. The summed E-state index contributed by atoms with van der Waals surface area (Å²) >= 11 is 0. The van der Waals surface area contributed by atoms with Gasteiger partial charge in [0.2, 0.25) is 0 Å².